The van der Waals surface area contributed by atoms with E-state index in [4.69, 9.17) is 4.74 Å². The van der Waals surface area contributed by atoms with Crippen LogP contribution >= 0.6 is 37.5 Å². The monoisotopic (exact) mass is 328 g/mol. The van der Waals surface area contributed by atoms with Crippen molar-refractivity contribution in [2.24, 2.45) is 5.92 Å². The van der Waals surface area contributed by atoms with Crippen LogP contribution in [-0.2, 0) is 9.53 Å². The predicted octanol–water partition coefficient (Wildman–Crippen LogP) is 4.13. The lowest BCUT2D eigenvalue weighted by Gasteiger charge is -2.23. The van der Waals surface area contributed by atoms with E-state index >= 15 is 0 Å². The molecule has 5 heteroatoms. The summed E-state index contributed by atoms with van der Waals surface area (Å²) in [6.07, 6.45) is 2.91. The lowest BCUT2D eigenvalue weighted by molar-refractivity contribution is -0.159. The second kappa shape index (κ2) is 7.88. The third-order valence-corrected chi connectivity index (χ3v) is 5.26. The fraction of sp³-hybridized carbons (Fsp3) is 0.909. The van der Waals surface area contributed by atoms with Crippen molar-refractivity contribution in [3.05, 3.63) is 0 Å². The molecule has 0 aliphatic rings. The summed E-state index contributed by atoms with van der Waals surface area (Å²) < 4.78 is 5.35. The lowest BCUT2D eigenvalue weighted by Crippen LogP contribution is -2.29. The number of rotatable bonds is 6. The normalized spacial score (nSPS) is 15.6. The summed E-state index contributed by atoms with van der Waals surface area (Å²) in [5, 5.41) is 1.36. The standard InChI is InChI=1S/C11H21BrO2S2/c1-8(6-9(7-12)16-15-5)10(13)14-11(2,3)4/h8-9H,6-7H2,1-5H3/t8-,9?/m0/s1. The number of alkyl halides is 1. The number of hydrogen-bond donors (Lipinski definition) is 0. The molecule has 0 rings (SSSR count). The number of carbonyl (C=O) groups excluding carboxylic acids is 1. The van der Waals surface area contributed by atoms with E-state index in [2.05, 4.69) is 22.2 Å². The molecule has 0 heterocycles. The topological polar surface area (TPSA) is 26.3 Å². The first-order valence-electron chi connectivity index (χ1n) is 5.28. The Morgan fingerprint density at radius 1 is 1.44 bits per heavy atom. The van der Waals surface area contributed by atoms with Gasteiger partial charge in [-0.05, 0) is 33.4 Å². The van der Waals surface area contributed by atoms with E-state index in [0.717, 1.165) is 11.8 Å². The molecule has 0 radical (unpaired) electrons. The van der Waals surface area contributed by atoms with E-state index in [1.54, 1.807) is 21.6 Å². The molecule has 2 atom stereocenters. The molecule has 0 aromatic heterocycles. The van der Waals surface area contributed by atoms with Gasteiger partial charge in [0.25, 0.3) is 0 Å². The fourth-order valence-corrected chi connectivity index (χ4v) is 4.29. The Kier molecular flexibility index (Phi) is 8.20. The van der Waals surface area contributed by atoms with E-state index in [-0.39, 0.29) is 17.5 Å². The van der Waals surface area contributed by atoms with Gasteiger partial charge >= 0.3 is 5.97 Å². The first-order valence-corrected chi connectivity index (χ1v) is 9.02. The van der Waals surface area contributed by atoms with Crippen LogP contribution in [0.15, 0.2) is 0 Å². The maximum atomic E-state index is 11.8. The van der Waals surface area contributed by atoms with E-state index in [9.17, 15) is 4.79 Å². The number of ether oxygens (including phenoxy) is 1. The third kappa shape index (κ3) is 7.85. The van der Waals surface area contributed by atoms with Gasteiger partial charge in [-0.15, -0.1) is 0 Å². The largest absolute Gasteiger partial charge is 0.460 e. The zero-order chi connectivity index (χ0) is 12.8. The molecular formula is C11H21BrO2S2. The van der Waals surface area contributed by atoms with E-state index in [0.29, 0.717) is 5.25 Å². The SMILES string of the molecule is CSSC(CBr)C[C@H](C)C(=O)OC(C)(C)C. The van der Waals surface area contributed by atoms with Crippen LogP contribution in [0.2, 0.25) is 0 Å². The Morgan fingerprint density at radius 3 is 2.38 bits per heavy atom. The van der Waals surface area contributed by atoms with Gasteiger partial charge in [-0.2, -0.15) is 0 Å². The van der Waals surface area contributed by atoms with Gasteiger partial charge in [-0.3, -0.25) is 4.79 Å². The molecule has 0 bridgehead atoms. The zero-order valence-corrected chi connectivity index (χ0v) is 13.8. The van der Waals surface area contributed by atoms with Crippen molar-refractivity contribution in [3.8, 4) is 0 Å². The summed E-state index contributed by atoms with van der Waals surface area (Å²) in [7, 11) is 3.54. The van der Waals surface area contributed by atoms with E-state index in [1.807, 2.05) is 27.7 Å². The highest BCUT2D eigenvalue weighted by atomic mass is 79.9. The third-order valence-electron chi connectivity index (χ3n) is 1.83. The van der Waals surface area contributed by atoms with Crippen molar-refractivity contribution >= 4 is 43.5 Å². The molecule has 0 aliphatic heterocycles. The summed E-state index contributed by atoms with van der Waals surface area (Å²) in [5.74, 6) is -0.137. The molecule has 0 aromatic rings. The molecule has 0 fully saturated rings. The van der Waals surface area contributed by atoms with Crippen LogP contribution in [0.3, 0.4) is 0 Å². The Morgan fingerprint density at radius 2 is 2.00 bits per heavy atom. The van der Waals surface area contributed by atoms with Crippen molar-refractivity contribution in [2.45, 2.75) is 45.0 Å². The Labute approximate surface area is 115 Å². The molecule has 2 nitrogen and oxygen atoms in total. The molecule has 0 N–H and O–H groups in total. The highest BCUT2D eigenvalue weighted by Crippen LogP contribution is 2.30. The number of halogens is 1. The number of hydrogen-bond acceptors (Lipinski definition) is 4. The van der Waals surface area contributed by atoms with Crippen molar-refractivity contribution in [3.63, 3.8) is 0 Å². The summed E-state index contributed by atoms with van der Waals surface area (Å²) >= 11 is 3.47. The summed E-state index contributed by atoms with van der Waals surface area (Å²) in [5.41, 5.74) is -0.387. The molecular weight excluding hydrogens is 308 g/mol. The smallest absolute Gasteiger partial charge is 0.309 e. The van der Waals surface area contributed by atoms with Gasteiger partial charge in [0.2, 0.25) is 0 Å². The lowest BCUT2D eigenvalue weighted by atomic mass is 10.1. The Bertz CT molecular complexity index is 217. The quantitative estimate of drug-likeness (QED) is 0.416. The van der Waals surface area contributed by atoms with Crippen molar-refractivity contribution in [2.75, 3.05) is 11.6 Å². The molecule has 1 unspecified atom stereocenters. The van der Waals surface area contributed by atoms with Crippen LogP contribution in [0.1, 0.15) is 34.1 Å². The minimum absolute atomic E-state index is 0.0403. The van der Waals surface area contributed by atoms with Gasteiger partial charge in [0, 0.05) is 10.6 Å². The van der Waals surface area contributed by atoms with Crippen LogP contribution in [0.5, 0.6) is 0 Å². The predicted molar refractivity (Wildman–Crippen MR) is 78.3 cm³/mol. The summed E-state index contributed by atoms with van der Waals surface area (Å²) in [6.45, 7) is 7.63. The van der Waals surface area contributed by atoms with Gasteiger partial charge in [-0.1, -0.05) is 44.4 Å². The average molecular weight is 329 g/mol. The highest BCUT2D eigenvalue weighted by molar-refractivity contribution is 9.09. The fourth-order valence-electron chi connectivity index (χ4n) is 1.16. The maximum absolute atomic E-state index is 11.8. The molecule has 96 valence electrons. The summed E-state index contributed by atoms with van der Waals surface area (Å²) in [6, 6.07) is 0. The van der Waals surface area contributed by atoms with Gasteiger partial charge in [0.05, 0.1) is 5.92 Å². The maximum Gasteiger partial charge on any atom is 0.309 e. The van der Waals surface area contributed by atoms with E-state index < -0.39 is 0 Å². The van der Waals surface area contributed by atoms with E-state index in [1.165, 1.54) is 0 Å². The molecule has 0 saturated heterocycles. The Balaban J connectivity index is 4.13. The molecule has 0 amide bonds. The van der Waals surface area contributed by atoms with Gasteiger partial charge in [-0.25, -0.2) is 0 Å². The van der Waals surface area contributed by atoms with Crippen LogP contribution in [-0.4, -0.2) is 28.4 Å². The second-order valence-corrected chi connectivity index (χ2v) is 8.13. The minimum Gasteiger partial charge on any atom is -0.460 e. The van der Waals surface area contributed by atoms with Crippen molar-refractivity contribution < 1.29 is 9.53 Å². The van der Waals surface area contributed by atoms with Crippen LogP contribution < -0.4 is 0 Å². The number of esters is 1. The molecule has 0 spiro atoms. The first-order chi connectivity index (χ1) is 7.30. The van der Waals surface area contributed by atoms with Gasteiger partial charge in [0.15, 0.2) is 0 Å². The zero-order valence-electron chi connectivity index (χ0n) is 10.6. The molecule has 0 aliphatic carbocycles. The second-order valence-electron chi connectivity index (χ2n) is 4.71. The van der Waals surface area contributed by atoms with Crippen molar-refractivity contribution in [1.29, 1.82) is 0 Å². The van der Waals surface area contributed by atoms with Crippen LogP contribution in [0.4, 0.5) is 0 Å². The van der Waals surface area contributed by atoms with Crippen molar-refractivity contribution in [1.82, 2.24) is 0 Å². The first kappa shape index (κ1) is 16.6. The Hall–Kier alpha value is 0.650. The highest BCUT2D eigenvalue weighted by Gasteiger charge is 2.24. The summed E-state index contributed by atoms with van der Waals surface area (Å²) in [4.78, 5) is 11.8. The molecule has 0 aromatic carbocycles. The van der Waals surface area contributed by atoms with Gasteiger partial charge in [0.1, 0.15) is 5.60 Å². The van der Waals surface area contributed by atoms with Crippen LogP contribution in [0.25, 0.3) is 0 Å². The minimum atomic E-state index is -0.387. The van der Waals surface area contributed by atoms with Crippen LogP contribution in [0, 0.1) is 5.92 Å². The number of carbonyl (C=O) groups is 1. The molecule has 16 heavy (non-hydrogen) atoms. The molecule has 0 saturated carbocycles. The van der Waals surface area contributed by atoms with Gasteiger partial charge < -0.3 is 4.74 Å². The average Bonchev–Trinajstić information content (AvgIpc) is 2.14.